The molecular formula is C17H19ClN2O4S. The van der Waals surface area contributed by atoms with Gasteiger partial charge in [0.05, 0.1) is 4.90 Å². The number of halogens is 1. The zero-order valence-electron chi connectivity index (χ0n) is 14.1. The van der Waals surface area contributed by atoms with Crippen LogP contribution in [0.5, 0.6) is 5.75 Å². The van der Waals surface area contributed by atoms with E-state index in [9.17, 15) is 13.2 Å². The quantitative estimate of drug-likeness (QED) is 0.804. The molecule has 0 atom stereocenters. The van der Waals surface area contributed by atoms with E-state index in [0.717, 1.165) is 5.56 Å². The minimum atomic E-state index is -3.60. The number of carbonyl (C=O) groups is 1. The van der Waals surface area contributed by atoms with Crippen molar-refractivity contribution >= 4 is 33.2 Å². The highest BCUT2D eigenvalue weighted by Crippen LogP contribution is 2.22. The number of rotatable bonds is 6. The van der Waals surface area contributed by atoms with Crippen LogP contribution in [0.1, 0.15) is 11.1 Å². The second-order valence-electron chi connectivity index (χ2n) is 5.44. The lowest BCUT2D eigenvalue weighted by Gasteiger charge is -2.11. The van der Waals surface area contributed by atoms with Gasteiger partial charge in [-0.15, -0.1) is 0 Å². The van der Waals surface area contributed by atoms with Gasteiger partial charge in [0, 0.05) is 10.7 Å². The van der Waals surface area contributed by atoms with Crippen molar-refractivity contribution in [2.24, 2.45) is 0 Å². The van der Waals surface area contributed by atoms with Crippen molar-refractivity contribution in [1.29, 1.82) is 0 Å². The van der Waals surface area contributed by atoms with E-state index in [1.165, 1.54) is 13.1 Å². The first-order chi connectivity index (χ1) is 11.7. The summed E-state index contributed by atoms with van der Waals surface area (Å²) < 4.78 is 31.6. The highest BCUT2D eigenvalue weighted by molar-refractivity contribution is 7.89. The van der Waals surface area contributed by atoms with Crippen LogP contribution in [0.3, 0.4) is 0 Å². The Morgan fingerprint density at radius 2 is 1.84 bits per heavy atom. The molecule has 2 rings (SSSR count). The topological polar surface area (TPSA) is 84.5 Å². The maximum Gasteiger partial charge on any atom is 0.262 e. The summed E-state index contributed by atoms with van der Waals surface area (Å²) in [6.45, 7) is 3.32. The Labute approximate surface area is 152 Å². The molecule has 2 aromatic rings. The molecule has 0 aliphatic carbocycles. The third-order valence-electron chi connectivity index (χ3n) is 3.53. The first-order valence-corrected chi connectivity index (χ1v) is 9.32. The normalized spacial score (nSPS) is 11.2. The second-order valence-corrected chi connectivity index (χ2v) is 7.70. The van der Waals surface area contributed by atoms with Gasteiger partial charge in [0.2, 0.25) is 10.0 Å². The number of hydrogen-bond donors (Lipinski definition) is 2. The van der Waals surface area contributed by atoms with E-state index >= 15 is 0 Å². The van der Waals surface area contributed by atoms with E-state index in [1.54, 1.807) is 37.3 Å². The molecule has 0 radical (unpaired) electrons. The molecule has 6 nitrogen and oxygen atoms in total. The maximum absolute atomic E-state index is 12.0. The monoisotopic (exact) mass is 382 g/mol. The third kappa shape index (κ3) is 4.94. The molecule has 8 heteroatoms. The summed E-state index contributed by atoms with van der Waals surface area (Å²) in [5.74, 6) is 0.128. The van der Waals surface area contributed by atoms with Gasteiger partial charge in [-0.25, -0.2) is 13.1 Å². The van der Waals surface area contributed by atoms with Crippen molar-refractivity contribution in [3.05, 3.63) is 52.5 Å². The van der Waals surface area contributed by atoms with Gasteiger partial charge in [0.1, 0.15) is 5.75 Å². The lowest BCUT2D eigenvalue weighted by Crippen LogP contribution is -2.22. The molecule has 1 amide bonds. The minimum Gasteiger partial charge on any atom is -0.484 e. The number of aryl methyl sites for hydroxylation is 2. The molecule has 0 bridgehead atoms. The van der Waals surface area contributed by atoms with Crippen LogP contribution < -0.4 is 14.8 Å². The van der Waals surface area contributed by atoms with Gasteiger partial charge in [-0.05, 0) is 62.4 Å². The Morgan fingerprint density at radius 1 is 1.12 bits per heavy atom. The smallest absolute Gasteiger partial charge is 0.262 e. The summed E-state index contributed by atoms with van der Waals surface area (Å²) in [5.41, 5.74) is 1.81. The summed E-state index contributed by atoms with van der Waals surface area (Å²) in [4.78, 5) is 12.1. The second kappa shape index (κ2) is 7.86. The van der Waals surface area contributed by atoms with Crippen molar-refractivity contribution in [3.8, 4) is 5.75 Å². The summed E-state index contributed by atoms with van der Waals surface area (Å²) >= 11 is 5.94. The predicted octanol–water partition coefficient (Wildman–Crippen LogP) is 2.88. The van der Waals surface area contributed by atoms with Crippen LogP contribution in [0, 0.1) is 13.8 Å². The van der Waals surface area contributed by atoms with E-state index in [2.05, 4.69) is 10.0 Å². The molecule has 0 spiro atoms. The molecule has 0 unspecified atom stereocenters. The fraction of sp³-hybridized carbons (Fsp3) is 0.235. The Hall–Kier alpha value is -2.09. The van der Waals surface area contributed by atoms with Gasteiger partial charge in [-0.1, -0.05) is 17.7 Å². The lowest BCUT2D eigenvalue weighted by molar-refractivity contribution is -0.118. The van der Waals surface area contributed by atoms with E-state index in [4.69, 9.17) is 16.3 Å². The Morgan fingerprint density at radius 3 is 2.48 bits per heavy atom. The van der Waals surface area contributed by atoms with Crippen LogP contribution in [0.15, 0.2) is 41.3 Å². The number of nitrogens with one attached hydrogen (secondary N) is 2. The summed E-state index contributed by atoms with van der Waals surface area (Å²) in [5, 5.41) is 3.24. The number of amides is 1. The predicted molar refractivity (Wildman–Crippen MR) is 97.7 cm³/mol. The average Bonchev–Trinajstić information content (AvgIpc) is 2.57. The van der Waals surface area contributed by atoms with Gasteiger partial charge in [0.25, 0.3) is 5.91 Å². The highest BCUT2D eigenvalue weighted by atomic mass is 35.5. The first-order valence-electron chi connectivity index (χ1n) is 7.46. The molecule has 0 saturated carbocycles. The molecule has 0 aromatic heterocycles. The van der Waals surface area contributed by atoms with Crippen LogP contribution >= 0.6 is 11.6 Å². The van der Waals surface area contributed by atoms with Crippen molar-refractivity contribution in [1.82, 2.24) is 4.72 Å². The van der Waals surface area contributed by atoms with E-state index < -0.39 is 15.9 Å². The summed E-state index contributed by atoms with van der Waals surface area (Å²) in [6.07, 6.45) is 0. The van der Waals surface area contributed by atoms with Crippen LogP contribution in [-0.4, -0.2) is 28.0 Å². The van der Waals surface area contributed by atoms with Crippen LogP contribution in [0.4, 0.5) is 5.69 Å². The minimum absolute atomic E-state index is 0.113. The van der Waals surface area contributed by atoms with Crippen molar-refractivity contribution in [2.45, 2.75) is 18.7 Å². The van der Waals surface area contributed by atoms with Crippen molar-refractivity contribution < 1.29 is 17.9 Å². The van der Waals surface area contributed by atoms with Gasteiger partial charge < -0.3 is 10.1 Å². The molecule has 0 aliphatic heterocycles. The van der Waals surface area contributed by atoms with Crippen molar-refractivity contribution in [2.75, 3.05) is 19.0 Å². The van der Waals surface area contributed by atoms with E-state index in [0.29, 0.717) is 22.0 Å². The summed E-state index contributed by atoms with van der Waals surface area (Å²) in [6, 6.07) is 9.77. The largest absolute Gasteiger partial charge is 0.484 e. The fourth-order valence-corrected chi connectivity index (χ4v) is 3.24. The zero-order chi connectivity index (χ0) is 18.6. The number of hydrogen-bond acceptors (Lipinski definition) is 4. The number of sulfonamides is 1. The Bertz CT molecular complexity index is 898. The maximum atomic E-state index is 12.0. The molecule has 2 N–H and O–H groups in total. The van der Waals surface area contributed by atoms with Gasteiger partial charge >= 0.3 is 0 Å². The van der Waals surface area contributed by atoms with Gasteiger partial charge in [-0.3, -0.25) is 4.79 Å². The zero-order valence-corrected chi connectivity index (χ0v) is 15.7. The van der Waals surface area contributed by atoms with Gasteiger partial charge in [0.15, 0.2) is 6.61 Å². The van der Waals surface area contributed by atoms with Crippen LogP contribution in [-0.2, 0) is 14.8 Å². The molecular weight excluding hydrogens is 364 g/mol. The average molecular weight is 383 g/mol. The fourth-order valence-electron chi connectivity index (χ4n) is 2.13. The van der Waals surface area contributed by atoms with E-state index in [1.807, 2.05) is 6.92 Å². The third-order valence-corrected chi connectivity index (χ3v) is 5.51. The lowest BCUT2D eigenvalue weighted by atomic mass is 10.2. The van der Waals surface area contributed by atoms with Crippen LogP contribution in [0.2, 0.25) is 5.02 Å². The molecule has 0 heterocycles. The molecule has 0 fully saturated rings. The number of anilines is 1. The molecule has 2 aromatic carbocycles. The SMILES string of the molecule is CNS(=O)(=O)c1cc(NC(=O)COc2ccc(Cl)c(C)c2)ccc1C. The Kier molecular flexibility index (Phi) is 6.05. The molecule has 0 saturated heterocycles. The molecule has 0 aliphatic rings. The van der Waals surface area contributed by atoms with E-state index in [-0.39, 0.29) is 11.5 Å². The van der Waals surface area contributed by atoms with Gasteiger partial charge in [-0.2, -0.15) is 0 Å². The molecule has 134 valence electrons. The standard InChI is InChI=1S/C17H19ClN2O4S/c1-11-4-5-13(9-16(11)25(22,23)19-3)20-17(21)10-24-14-6-7-15(18)12(2)8-14/h4-9,19H,10H2,1-3H3,(H,20,21). The first kappa shape index (κ1) is 19.2. The number of benzene rings is 2. The Balaban J connectivity index is 2.05. The van der Waals surface area contributed by atoms with Crippen LogP contribution in [0.25, 0.3) is 0 Å². The number of ether oxygens (including phenoxy) is 1. The molecule has 25 heavy (non-hydrogen) atoms. The highest BCUT2D eigenvalue weighted by Gasteiger charge is 2.16. The summed E-state index contributed by atoms with van der Waals surface area (Å²) in [7, 11) is -2.26. The van der Waals surface area contributed by atoms with Crippen molar-refractivity contribution in [3.63, 3.8) is 0 Å². The number of carbonyl (C=O) groups excluding carboxylic acids is 1.